The van der Waals surface area contributed by atoms with Crippen LogP contribution in [0, 0.1) is 0 Å². The molecule has 0 aliphatic carbocycles. The number of carbonyl (C=O) groups is 4. The average Bonchev–Trinajstić information content (AvgIpc) is 3.72. The van der Waals surface area contributed by atoms with Crippen LogP contribution in [0.4, 0.5) is 11.4 Å². The number of esters is 2. The molecule has 0 saturated carbocycles. The number of rotatable bonds is 6. The van der Waals surface area contributed by atoms with Gasteiger partial charge < -0.3 is 39.4 Å². The second kappa shape index (κ2) is 10.4. The highest BCUT2D eigenvalue weighted by Crippen LogP contribution is 2.40. The first-order valence-corrected chi connectivity index (χ1v) is 13.3. The lowest BCUT2D eigenvalue weighted by molar-refractivity contribution is -0.202. The number of carbonyl (C=O) groups excluding carboxylic acids is 4. The highest BCUT2D eigenvalue weighted by atomic mass is 16.8. The lowest BCUT2D eigenvalue weighted by atomic mass is 10.1. The number of aliphatic imine (C=N–C) groups is 2. The smallest absolute Gasteiger partial charge is 0.421 e. The fourth-order valence-corrected chi connectivity index (χ4v) is 5.36. The van der Waals surface area contributed by atoms with E-state index in [9.17, 15) is 19.2 Å². The summed E-state index contributed by atoms with van der Waals surface area (Å²) in [7, 11) is 3.52. The predicted molar refractivity (Wildman–Crippen MR) is 150 cm³/mol. The van der Waals surface area contributed by atoms with Crippen LogP contribution in [-0.2, 0) is 19.1 Å². The molecule has 0 radical (unpaired) electrons. The molecule has 2 N–H and O–H groups in total. The number of fused-ring (bicyclic) bond motifs is 2. The van der Waals surface area contributed by atoms with Gasteiger partial charge in [0.25, 0.3) is 0 Å². The Labute approximate surface area is 240 Å². The molecule has 4 aliphatic rings. The van der Waals surface area contributed by atoms with Crippen molar-refractivity contribution in [2.75, 3.05) is 63.2 Å². The molecular formula is C28H28N6O8. The molecule has 4 heterocycles. The van der Waals surface area contributed by atoms with Gasteiger partial charge in [0, 0.05) is 38.3 Å². The molecule has 4 aliphatic heterocycles. The summed E-state index contributed by atoms with van der Waals surface area (Å²) in [6.45, 7) is 1.75. The van der Waals surface area contributed by atoms with Crippen molar-refractivity contribution in [1.82, 2.24) is 10.6 Å². The molecule has 2 aromatic rings. The van der Waals surface area contributed by atoms with E-state index >= 15 is 0 Å². The van der Waals surface area contributed by atoms with Gasteiger partial charge >= 0.3 is 23.5 Å². The summed E-state index contributed by atoms with van der Waals surface area (Å²) in [6, 6.07) is 9.75. The van der Waals surface area contributed by atoms with Gasteiger partial charge in [-0.1, -0.05) is 0 Å². The van der Waals surface area contributed by atoms with Crippen molar-refractivity contribution in [1.29, 1.82) is 0 Å². The number of likely N-dealkylation sites (N-methyl/N-ethyl adjacent to an activating group) is 2. The van der Waals surface area contributed by atoms with E-state index in [4.69, 9.17) is 18.9 Å². The fraction of sp³-hybridized carbons (Fsp3) is 0.357. The Morgan fingerprint density at radius 2 is 1.21 bits per heavy atom. The van der Waals surface area contributed by atoms with Crippen LogP contribution in [0.15, 0.2) is 46.4 Å². The van der Waals surface area contributed by atoms with Gasteiger partial charge in [-0.3, -0.25) is 19.6 Å². The van der Waals surface area contributed by atoms with Crippen molar-refractivity contribution in [3.63, 3.8) is 0 Å². The van der Waals surface area contributed by atoms with Crippen molar-refractivity contribution in [3.8, 4) is 11.5 Å². The number of hydrogen-bond acceptors (Lipinski definition) is 14. The highest BCUT2D eigenvalue weighted by Gasteiger charge is 2.53. The molecule has 0 fully saturated rings. The number of ether oxygens (including phenoxy) is 4. The van der Waals surface area contributed by atoms with Crippen LogP contribution in [-0.4, -0.2) is 101 Å². The predicted octanol–water partition coefficient (Wildman–Crippen LogP) is 0.151. The molecule has 2 atom stereocenters. The minimum atomic E-state index is -1.83. The van der Waals surface area contributed by atoms with Gasteiger partial charge in [0.1, 0.15) is 37.2 Å². The zero-order valence-corrected chi connectivity index (χ0v) is 22.9. The standard InChI is InChI=1S/C28H28N6O8/c1-33-15-27(25-29-7-8-30-25,39-21-11-17(13-35)3-5-19(21)33)41-23(37)24(38)42-28(26-31-9-10-32-26)16-34(2)20-6-4-18(14-36)12-22(20)40-28/h3-6,11-14H,7-10,15-16H2,1-2H3,(H,29,30)(H,31,32). The van der Waals surface area contributed by atoms with Gasteiger partial charge in [-0.2, -0.15) is 0 Å². The maximum Gasteiger partial charge on any atom is 0.421 e. The molecule has 14 heteroatoms. The monoisotopic (exact) mass is 576 g/mol. The number of nitrogens with one attached hydrogen (secondary N) is 2. The van der Waals surface area contributed by atoms with Crippen molar-refractivity contribution >= 4 is 47.6 Å². The molecule has 0 amide bonds. The van der Waals surface area contributed by atoms with Crippen LogP contribution in [0.1, 0.15) is 20.7 Å². The third-order valence-electron chi connectivity index (χ3n) is 7.25. The van der Waals surface area contributed by atoms with Crippen LogP contribution in [0.25, 0.3) is 0 Å². The minimum absolute atomic E-state index is 0.00815. The zero-order chi connectivity index (χ0) is 29.5. The summed E-state index contributed by atoms with van der Waals surface area (Å²) in [5.41, 5.74) is 2.02. The molecule has 0 bridgehead atoms. The Hall–Kier alpha value is -5.14. The second-order valence-electron chi connectivity index (χ2n) is 10.2. The van der Waals surface area contributed by atoms with E-state index in [-0.39, 0.29) is 36.3 Å². The number of nitrogens with zero attached hydrogens (tertiary/aromatic N) is 4. The van der Waals surface area contributed by atoms with E-state index in [1.807, 2.05) is 0 Å². The van der Waals surface area contributed by atoms with E-state index in [0.29, 0.717) is 61.3 Å². The quantitative estimate of drug-likeness (QED) is 0.273. The Morgan fingerprint density at radius 1 is 0.786 bits per heavy atom. The largest absolute Gasteiger partial charge is 0.442 e. The van der Waals surface area contributed by atoms with Gasteiger partial charge in [0.05, 0.1) is 24.5 Å². The maximum absolute atomic E-state index is 13.5. The van der Waals surface area contributed by atoms with E-state index < -0.39 is 23.5 Å². The SMILES string of the molecule is CN1CC(OC(=O)C(=O)OC2(C3=NCCN3)CN(C)c3ccc(C=O)cc3O2)(C2=NCCN2)Oc2cc(C=O)ccc21. The van der Waals surface area contributed by atoms with Crippen molar-refractivity contribution in [3.05, 3.63) is 47.5 Å². The third-order valence-corrected chi connectivity index (χ3v) is 7.25. The molecule has 2 aromatic carbocycles. The van der Waals surface area contributed by atoms with E-state index in [1.165, 1.54) is 12.1 Å². The molecule has 0 saturated heterocycles. The number of benzene rings is 2. The van der Waals surface area contributed by atoms with Gasteiger partial charge in [-0.15, -0.1) is 0 Å². The summed E-state index contributed by atoms with van der Waals surface area (Å²) in [5, 5.41) is 6.13. The van der Waals surface area contributed by atoms with Crippen molar-refractivity contribution in [2.45, 2.75) is 11.6 Å². The van der Waals surface area contributed by atoms with Gasteiger partial charge in [0.15, 0.2) is 11.7 Å². The summed E-state index contributed by atoms with van der Waals surface area (Å²) >= 11 is 0. The summed E-state index contributed by atoms with van der Waals surface area (Å²) in [5.74, 6) is -5.39. The highest BCUT2D eigenvalue weighted by molar-refractivity contribution is 6.30. The third kappa shape index (κ3) is 4.63. The minimum Gasteiger partial charge on any atom is -0.442 e. The zero-order valence-electron chi connectivity index (χ0n) is 22.9. The average molecular weight is 577 g/mol. The Morgan fingerprint density at radius 3 is 1.57 bits per heavy atom. The number of aldehydes is 2. The molecule has 0 spiro atoms. The van der Waals surface area contributed by atoms with E-state index in [1.54, 1.807) is 48.2 Å². The Kier molecular flexibility index (Phi) is 6.67. The lowest BCUT2D eigenvalue weighted by Crippen LogP contribution is -2.63. The maximum atomic E-state index is 13.5. The topological polar surface area (TPSA) is 160 Å². The van der Waals surface area contributed by atoms with Crippen LogP contribution < -0.4 is 29.9 Å². The first-order valence-electron chi connectivity index (χ1n) is 13.3. The number of amidine groups is 2. The molecule has 2 unspecified atom stereocenters. The molecule has 6 rings (SSSR count). The van der Waals surface area contributed by atoms with Crippen molar-refractivity contribution in [2.24, 2.45) is 9.98 Å². The summed E-state index contributed by atoms with van der Waals surface area (Å²) in [6.07, 6.45) is 1.34. The van der Waals surface area contributed by atoms with Gasteiger partial charge in [0.2, 0.25) is 0 Å². The van der Waals surface area contributed by atoms with Crippen LogP contribution >= 0.6 is 0 Å². The second-order valence-corrected chi connectivity index (χ2v) is 10.2. The van der Waals surface area contributed by atoms with E-state index in [2.05, 4.69) is 20.6 Å². The first-order chi connectivity index (χ1) is 20.3. The van der Waals surface area contributed by atoms with E-state index in [0.717, 1.165) is 0 Å². The number of anilines is 2. The lowest BCUT2D eigenvalue weighted by Gasteiger charge is -2.43. The molecule has 218 valence electrons. The van der Waals surface area contributed by atoms with Crippen LogP contribution in [0.2, 0.25) is 0 Å². The van der Waals surface area contributed by atoms with Crippen LogP contribution in [0.5, 0.6) is 11.5 Å². The van der Waals surface area contributed by atoms with Gasteiger partial charge in [-0.05, 0) is 36.4 Å². The Balaban J connectivity index is 1.30. The van der Waals surface area contributed by atoms with Crippen LogP contribution in [0.3, 0.4) is 0 Å². The molecular weight excluding hydrogens is 548 g/mol. The summed E-state index contributed by atoms with van der Waals surface area (Å²) in [4.78, 5) is 62.1. The summed E-state index contributed by atoms with van der Waals surface area (Å²) < 4.78 is 23.9. The normalized spacial score (nSPS) is 24.0. The fourth-order valence-electron chi connectivity index (χ4n) is 5.36. The molecule has 42 heavy (non-hydrogen) atoms. The Bertz CT molecular complexity index is 1430. The first kappa shape index (κ1) is 27.1. The molecule has 14 nitrogen and oxygen atoms in total. The molecule has 0 aromatic heterocycles. The van der Waals surface area contributed by atoms with Crippen molar-refractivity contribution < 1.29 is 38.1 Å². The number of hydrogen-bond donors (Lipinski definition) is 2. The van der Waals surface area contributed by atoms with Gasteiger partial charge in [-0.25, -0.2) is 9.59 Å².